The molecule has 6 nitrogen and oxygen atoms in total. The van der Waals surface area contributed by atoms with Gasteiger partial charge in [0.15, 0.2) is 5.82 Å². The van der Waals surface area contributed by atoms with E-state index >= 15 is 0 Å². The first-order valence-electron chi connectivity index (χ1n) is 4.10. The van der Waals surface area contributed by atoms with Crippen LogP contribution in [0.25, 0.3) is 11.4 Å². The lowest BCUT2D eigenvalue weighted by Crippen LogP contribution is -2.07. The number of hydrogen-bond donors (Lipinski definition) is 3. The zero-order chi connectivity index (χ0) is 9.97. The maximum atomic E-state index is 11.3. The van der Waals surface area contributed by atoms with E-state index in [0.29, 0.717) is 17.2 Å². The van der Waals surface area contributed by atoms with E-state index in [4.69, 9.17) is 5.73 Å². The van der Waals surface area contributed by atoms with E-state index in [1.807, 2.05) is 0 Å². The van der Waals surface area contributed by atoms with Gasteiger partial charge in [-0.1, -0.05) is 0 Å². The summed E-state index contributed by atoms with van der Waals surface area (Å²) in [5.41, 5.74) is 5.58. The molecule has 2 rings (SSSR count). The number of hydrogen-bond acceptors (Lipinski definition) is 4. The van der Waals surface area contributed by atoms with Gasteiger partial charge in [-0.15, -0.1) is 0 Å². The predicted octanol–water partition coefficient (Wildman–Crippen LogP) is -0.381. The van der Waals surface area contributed by atoms with Crippen molar-refractivity contribution in [3.8, 4) is 11.4 Å². The molecule has 0 spiro atoms. The summed E-state index contributed by atoms with van der Waals surface area (Å²) in [7, 11) is 0. The number of H-pyrrole nitrogens is 2. The van der Waals surface area contributed by atoms with Crippen molar-refractivity contribution in [1.29, 1.82) is 0 Å². The highest BCUT2D eigenvalue weighted by molar-refractivity contribution is 5.52. The Hall–Kier alpha value is -1.95. The van der Waals surface area contributed by atoms with Gasteiger partial charge in [-0.05, 0) is 12.1 Å². The Kier molecular flexibility index (Phi) is 2.11. The molecule has 0 saturated carbocycles. The fourth-order valence-electron chi connectivity index (χ4n) is 1.10. The molecule has 72 valence electrons. The monoisotopic (exact) mass is 191 g/mol. The summed E-state index contributed by atoms with van der Waals surface area (Å²) in [6.07, 6.45) is 1.56. The molecular formula is C8H9N5O. The van der Waals surface area contributed by atoms with Gasteiger partial charge in [-0.3, -0.25) is 9.89 Å². The van der Waals surface area contributed by atoms with Crippen LogP contribution in [-0.4, -0.2) is 20.2 Å². The molecule has 0 fully saturated rings. The summed E-state index contributed by atoms with van der Waals surface area (Å²) in [5, 5.41) is 6.52. The number of aromatic amines is 2. The maximum absolute atomic E-state index is 11.3. The zero-order valence-corrected chi connectivity index (χ0v) is 7.32. The third kappa shape index (κ3) is 1.42. The van der Waals surface area contributed by atoms with Crippen LogP contribution >= 0.6 is 0 Å². The molecule has 14 heavy (non-hydrogen) atoms. The lowest BCUT2D eigenvalue weighted by atomic mass is 10.3. The molecule has 0 atom stereocenters. The van der Waals surface area contributed by atoms with Gasteiger partial charge in [0.05, 0.1) is 12.1 Å². The topological polar surface area (TPSA) is 100 Å². The van der Waals surface area contributed by atoms with Crippen molar-refractivity contribution in [2.24, 2.45) is 5.73 Å². The van der Waals surface area contributed by atoms with Crippen molar-refractivity contribution in [2.45, 2.75) is 6.54 Å². The molecular weight excluding hydrogens is 182 g/mol. The van der Waals surface area contributed by atoms with Crippen LogP contribution in [0, 0.1) is 0 Å². The smallest absolute Gasteiger partial charge is 0.259 e. The van der Waals surface area contributed by atoms with Gasteiger partial charge in [0.2, 0.25) is 0 Å². The molecule has 0 saturated heterocycles. The van der Waals surface area contributed by atoms with Gasteiger partial charge in [-0.2, -0.15) is 5.10 Å². The fraction of sp³-hybridized carbons (Fsp3) is 0.125. The maximum Gasteiger partial charge on any atom is 0.259 e. The summed E-state index contributed by atoms with van der Waals surface area (Å²) >= 11 is 0. The first-order chi connectivity index (χ1) is 6.81. The highest BCUT2D eigenvalue weighted by Crippen LogP contribution is 2.07. The minimum absolute atomic E-state index is 0.213. The lowest BCUT2D eigenvalue weighted by molar-refractivity contribution is 0.917. The summed E-state index contributed by atoms with van der Waals surface area (Å²) < 4.78 is 0. The van der Waals surface area contributed by atoms with Gasteiger partial charge >= 0.3 is 0 Å². The Morgan fingerprint density at radius 2 is 2.36 bits per heavy atom. The van der Waals surface area contributed by atoms with Crippen molar-refractivity contribution in [3.63, 3.8) is 0 Å². The number of aromatic nitrogens is 4. The molecule has 2 heterocycles. The quantitative estimate of drug-likeness (QED) is 0.602. The minimum Gasteiger partial charge on any atom is -0.328 e. The Morgan fingerprint density at radius 3 is 3.00 bits per heavy atom. The van der Waals surface area contributed by atoms with Gasteiger partial charge < -0.3 is 10.7 Å². The van der Waals surface area contributed by atoms with Crippen LogP contribution in [0.15, 0.2) is 23.1 Å². The summed E-state index contributed by atoms with van der Waals surface area (Å²) in [6.45, 7) is 0.276. The average molecular weight is 191 g/mol. The van der Waals surface area contributed by atoms with Crippen molar-refractivity contribution in [2.75, 3.05) is 0 Å². The largest absolute Gasteiger partial charge is 0.328 e. The first-order valence-corrected chi connectivity index (χ1v) is 4.10. The highest BCUT2D eigenvalue weighted by Gasteiger charge is 2.07. The fourth-order valence-corrected chi connectivity index (χ4v) is 1.10. The van der Waals surface area contributed by atoms with Crippen molar-refractivity contribution >= 4 is 0 Å². The number of nitrogens with zero attached hydrogens (tertiary/aromatic N) is 2. The normalized spacial score (nSPS) is 10.4. The predicted molar refractivity (Wildman–Crippen MR) is 50.3 cm³/mol. The van der Waals surface area contributed by atoms with Gasteiger partial charge in [-0.25, -0.2) is 4.98 Å². The molecule has 4 N–H and O–H groups in total. The molecule has 0 aliphatic heterocycles. The number of pyridine rings is 1. The van der Waals surface area contributed by atoms with E-state index in [-0.39, 0.29) is 12.1 Å². The Balaban J connectivity index is 2.50. The van der Waals surface area contributed by atoms with E-state index in [1.165, 1.54) is 0 Å². The number of nitrogens with one attached hydrogen (secondary N) is 2. The summed E-state index contributed by atoms with van der Waals surface area (Å²) in [4.78, 5) is 17.9. The Bertz CT molecular complexity index is 486. The SMILES string of the molecule is NCc1nc(-c2ccc[nH]c2=O)n[nH]1. The summed E-state index contributed by atoms with van der Waals surface area (Å²) in [5.74, 6) is 0.926. The summed E-state index contributed by atoms with van der Waals surface area (Å²) in [6, 6.07) is 3.37. The third-order valence-electron chi connectivity index (χ3n) is 1.78. The van der Waals surface area contributed by atoms with Crippen molar-refractivity contribution in [1.82, 2.24) is 20.2 Å². The van der Waals surface area contributed by atoms with Crippen LogP contribution < -0.4 is 11.3 Å². The van der Waals surface area contributed by atoms with E-state index in [2.05, 4.69) is 20.2 Å². The van der Waals surface area contributed by atoms with E-state index in [0.717, 1.165) is 0 Å². The molecule has 0 radical (unpaired) electrons. The van der Waals surface area contributed by atoms with Crippen LogP contribution in [0.5, 0.6) is 0 Å². The Morgan fingerprint density at radius 1 is 1.50 bits per heavy atom. The lowest BCUT2D eigenvalue weighted by Gasteiger charge is -1.90. The third-order valence-corrected chi connectivity index (χ3v) is 1.78. The molecule has 0 aliphatic rings. The molecule has 6 heteroatoms. The van der Waals surface area contributed by atoms with Crippen molar-refractivity contribution in [3.05, 3.63) is 34.5 Å². The highest BCUT2D eigenvalue weighted by atomic mass is 16.1. The van der Waals surface area contributed by atoms with E-state index in [9.17, 15) is 4.79 Å². The number of nitrogens with two attached hydrogens (primary N) is 1. The van der Waals surface area contributed by atoms with Gasteiger partial charge in [0.25, 0.3) is 5.56 Å². The molecule has 0 aliphatic carbocycles. The van der Waals surface area contributed by atoms with Crippen LogP contribution in [0.3, 0.4) is 0 Å². The second-order valence-corrected chi connectivity index (χ2v) is 2.72. The second kappa shape index (κ2) is 3.43. The minimum atomic E-state index is -0.213. The van der Waals surface area contributed by atoms with Gasteiger partial charge in [0, 0.05) is 6.20 Å². The van der Waals surface area contributed by atoms with E-state index < -0.39 is 0 Å². The molecule has 2 aromatic heterocycles. The molecule has 0 unspecified atom stereocenters. The standard InChI is InChI=1S/C8H9N5O/c9-4-6-11-7(13-12-6)5-2-1-3-10-8(5)14/h1-3H,4,9H2,(H,10,14)(H,11,12,13). The molecule has 2 aromatic rings. The molecule has 0 aromatic carbocycles. The van der Waals surface area contributed by atoms with Crippen LogP contribution in [0.1, 0.15) is 5.82 Å². The van der Waals surface area contributed by atoms with E-state index in [1.54, 1.807) is 18.3 Å². The Labute approximate surface area is 79.2 Å². The average Bonchev–Trinajstić information content (AvgIpc) is 2.67. The van der Waals surface area contributed by atoms with Crippen molar-refractivity contribution < 1.29 is 0 Å². The first kappa shape index (κ1) is 8.64. The molecule has 0 amide bonds. The molecule has 0 bridgehead atoms. The van der Waals surface area contributed by atoms with Gasteiger partial charge in [0.1, 0.15) is 5.82 Å². The van der Waals surface area contributed by atoms with Crippen LogP contribution in [0.4, 0.5) is 0 Å². The second-order valence-electron chi connectivity index (χ2n) is 2.72. The zero-order valence-electron chi connectivity index (χ0n) is 7.32. The van der Waals surface area contributed by atoms with Crippen LogP contribution in [0.2, 0.25) is 0 Å². The number of rotatable bonds is 2. The van der Waals surface area contributed by atoms with Crippen LogP contribution in [-0.2, 0) is 6.54 Å².